The van der Waals surface area contributed by atoms with Crippen molar-refractivity contribution in [3.05, 3.63) is 70.1 Å². The van der Waals surface area contributed by atoms with Crippen LogP contribution in [-0.4, -0.2) is 13.1 Å². The van der Waals surface area contributed by atoms with Gasteiger partial charge in [0.1, 0.15) is 0 Å². The third kappa shape index (κ3) is 4.31. The van der Waals surface area contributed by atoms with Gasteiger partial charge in [-0.2, -0.15) is 0 Å². The van der Waals surface area contributed by atoms with E-state index in [4.69, 9.17) is 21.9 Å². The van der Waals surface area contributed by atoms with Crippen LogP contribution in [0.3, 0.4) is 0 Å². The van der Waals surface area contributed by atoms with Gasteiger partial charge in [-0.1, -0.05) is 31.2 Å². The maximum atomic E-state index is 12.1. The number of esters is 1. The quantitative estimate of drug-likeness (QED) is 0.428. The van der Waals surface area contributed by atoms with Crippen LogP contribution in [0, 0.1) is 0 Å². The van der Waals surface area contributed by atoms with Crippen LogP contribution in [0.5, 0.6) is 0 Å². The second-order valence-corrected chi connectivity index (χ2v) is 6.51. The number of carbonyl (C=O) groups excluding carboxylic acids is 1. The topological polar surface area (TPSA) is 104 Å². The minimum atomic E-state index is -0.417. The zero-order chi connectivity index (χ0) is 20.1. The number of hydrogen-bond donors (Lipinski definition) is 3. The lowest BCUT2D eigenvalue weighted by Crippen LogP contribution is -2.33. The molecule has 5 heteroatoms. The molecule has 0 heterocycles. The summed E-state index contributed by atoms with van der Waals surface area (Å²) in [4.78, 5) is 12.1. The Kier molecular flexibility index (Phi) is 6.29. The third-order valence-electron chi connectivity index (χ3n) is 4.55. The van der Waals surface area contributed by atoms with Gasteiger partial charge in [-0.15, -0.1) is 0 Å². The van der Waals surface area contributed by atoms with E-state index in [1.165, 1.54) is 7.11 Å². The average Bonchev–Trinajstić information content (AvgIpc) is 2.65. The summed E-state index contributed by atoms with van der Waals surface area (Å²) >= 11 is 0. The van der Waals surface area contributed by atoms with Crippen LogP contribution in [0.2, 0.25) is 0 Å². The molecule has 2 aromatic carbocycles. The Labute approximate surface area is 159 Å². The molecule has 2 aromatic rings. The van der Waals surface area contributed by atoms with Crippen molar-refractivity contribution in [2.24, 2.45) is 5.73 Å². The van der Waals surface area contributed by atoms with Gasteiger partial charge >= 0.3 is 5.97 Å². The highest BCUT2D eigenvalue weighted by molar-refractivity contribution is 5.90. The van der Waals surface area contributed by atoms with Crippen LogP contribution in [0.4, 0.5) is 11.4 Å². The van der Waals surface area contributed by atoms with E-state index in [1.807, 2.05) is 38.1 Å². The number of anilines is 2. The van der Waals surface area contributed by atoms with Crippen LogP contribution in [0.1, 0.15) is 42.6 Å². The monoisotopic (exact) mass is 365 g/mol. The van der Waals surface area contributed by atoms with Gasteiger partial charge < -0.3 is 21.9 Å². The maximum Gasteiger partial charge on any atom is 0.337 e. The summed E-state index contributed by atoms with van der Waals surface area (Å²) < 4.78 is 4.87. The number of carbonyl (C=O) groups is 1. The molecule has 0 bridgehead atoms. The summed E-state index contributed by atoms with van der Waals surface area (Å²) in [5, 5.41) is 1.63. The van der Waals surface area contributed by atoms with Gasteiger partial charge in [0.05, 0.1) is 12.7 Å². The van der Waals surface area contributed by atoms with E-state index in [9.17, 15) is 4.79 Å². The Balaban J connectivity index is 3.04. The highest BCUT2D eigenvalue weighted by Crippen LogP contribution is 2.30. The normalized spacial score (nSPS) is 13.0. The van der Waals surface area contributed by atoms with Crippen molar-refractivity contribution in [3.63, 3.8) is 0 Å². The van der Waals surface area contributed by atoms with Crippen molar-refractivity contribution >= 4 is 28.6 Å². The van der Waals surface area contributed by atoms with Crippen LogP contribution in [0.15, 0.2) is 48.6 Å². The number of rotatable bonds is 5. The fourth-order valence-corrected chi connectivity index (χ4v) is 3.01. The zero-order valence-corrected chi connectivity index (χ0v) is 16.1. The number of hydrogen-bond acceptors (Lipinski definition) is 5. The number of methoxy groups -OCH3 is 1. The van der Waals surface area contributed by atoms with Crippen LogP contribution in [0.25, 0.3) is 11.3 Å². The predicted molar refractivity (Wildman–Crippen MR) is 112 cm³/mol. The van der Waals surface area contributed by atoms with Crippen molar-refractivity contribution in [1.29, 1.82) is 0 Å². The van der Waals surface area contributed by atoms with Crippen molar-refractivity contribution in [2.75, 3.05) is 18.6 Å². The molecule has 0 aliphatic rings. The predicted octanol–water partition coefficient (Wildman–Crippen LogP) is 2.28. The van der Waals surface area contributed by atoms with E-state index >= 15 is 0 Å². The molecule has 0 spiro atoms. The summed E-state index contributed by atoms with van der Waals surface area (Å²) in [7, 11) is 1.35. The van der Waals surface area contributed by atoms with Crippen molar-refractivity contribution < 1.29 is 9.53 Å². The first-order valence-corrected chi connectivity index (χ1v) is 8.79. The first-order chi connectivity index (χ1) is 12.8. The van der Waals surface area contributed by atoms with Gasteiger partial charge in [-0.3, -0.25) is 0 Å². The first-order valence-electron chi connectivity index (χ1n) is 8.79. The van der Waals surface area contributed by atoms with E-state index < -0.39 is 5.97 Å². The third-order valence-corrected chi connectivity index (χ3v) is 4.55. The lowest BCUT2D eigenvalue weighted by molar-refractivity contribution is 0.0600. The molecule has 0 aromatic heterocycles. The van der Waals surface area contributed by atoms with Crippen molar-refractivity contribution in [2.45, 2.75) is 26.7 Å². The summed E-state index contributed by atoms with van der Waals surface area (Å²) in [5.74, 6) is -0.417. The Morgan fingerprint density at radius 3 is 2.26 bits per heavy atom. The van der Waals surface area contributed by atoms with Gasteiger partial charge in [0.15, 0.2) is 0 Å². The number of nitrogen functional groups attached to an aromatic ring is 2. The molecule has 27 heavy (non-hydrogen) atoms. The van der Waals surface area contributed by atoms with Crippen LogP contribution < -0.4 is 27.6 Å². The molecule has 0 fully saturated rings. The Morgan fingerprint density at radius 2 is 1.74 bits per heavy atom. The minimum Gasteiger partial charge on any atom is -0.465 e. The molecule has 0 aliphatic heterocycles. The molecular formula is C22H27N3O2. The smallest absolute Gasteiger partial charge is 0.337 e. The molecule has 2 rings (SSSR count). The van der Waals surface area contributed by atoms with Crippen LogP contribution >= 0.6 is 0 Å². The number of benzene rings is 2. The van der Waals surface area contributed by atoms with E-state index in [1.54, 1.807) is 12.1 Å². The largest absolute Gasteiger partial charge is 0.465 e. The van der Waals surface area contributed by atoms with E-state index in [0.29, 0.717) is 29.1 Å². The summed E-state index contributed by atoms with van der Waals surface area (Å²) in [5.41, 5.74) is 23.5. The highest BCUT2D eigenvalue weighted by Gasteiger charge is 2.14. The minimum absolute atomic E-state index is 0.417. The summed E-state index contributed by atoms with van der Waals surface area (Å²) in [6.07, 6.45) is 1.38. The van der Waals surface area contributed by atoms with Crippen LogP contribution in [-0.2, 0) is 4.74 Å². The van der Waals surface area contributed by atoms with Crippen molar-refractivity contribution in [1.82, 2.24) is 0 Å². The fourth-order valence-electron chi connectivity index (χ4n) is 3.01. The Bertz CT molecular complexity index is 982. The Hall–Kier alpha value is -3.21. The van der Waals surface area contributed by atoms with Gasteiger partial charge in [-0.25, -0.2) is 4.79 Å². The molecular weight excluding hydrogens is 338 g/mol. The molecule has 0 saturated heterocycles. The molecule has 0 amide bonds. The molecule has 6 N–H and O–H groups in total. The van der Waals surface area contributed by atoms with Gasteiger partial charge in [0.25, 0.3) is 0 Å². The molecule has 142 valence electrons. The number of ether oxygens (including phenoxy) is 1. The molecule has 0 radical (unpaired) electrons. The molecule has 5 nitrogen and oxygen atoms in total. The number of nitrogens with two attached hydrogens (primary N) is 3. The van der Waals surface area contributed by atoms with Crippen molar-refractivity contribution in [3.8, 4) is 0 Å². The first kappa shape index (κ1) is 20.1. The van der Waals surface area contributed by atoms with E-state index in [0.717, 1.165) is 33.6 Å². The summed E-state index contributed by atoms with van der Waals surface area (Å²) in [6.45, 7) is 8.00. The SMILES string of the molecule is C=C(CC)C/C(c1c(N)cccc1N)=c1/cc(C(=O)OC)cc/c1=C(/C)N. The average molecular weight is 365 g/mol. The van der Waals surface area contributed by atoms with Gasteiger partial charge in [0.2, 0.25) is 0 Å². The zero-order valence-electron chi connectivity index (χ0n) is 16.1. The fraction of sp³-hybridized carbons (Fsp3) is 0.227. The van der Waals surface area contributed by atoms with Gasteiger partial charge in [0, 0.05) is 27.9 Å². The highest BCUT2D eigenvalue weighted by atomic mass is 16.5. The lowest BCUT2D eigenvalue weighted by atomic mass is 9.91. The molecule has 0 aliphatic carbocycles. The van der Waals surface area contributed by atoms with E-state index in [-0.39, 0.29) is 0 Å². The molecule has 0 atom stereocenters. The lowest BCUT2D eigenvalue weighted by Gasteiger charge is -2.16. The maximum absolute atomic E-state index is 12.1. The molecule has 0 saturated carbocycles. The standard InChI is InChI=1S/C22H27N3O2/c1-5-13(2)11-18(21-19(24)7-6-8-20(21)25)17-12-15(22(26)27-4)9-10-16(17)14(3)23/h6-10,12H,2,5,11,23-25H2,1,3-4H3/b16-14+,18-17+. The number of allylic oxidation sites excluding steroid dienone is 1. The second-order valence-electron chi connectivity index (χ2n) is 6.51. The summed E-state index contributed by atoms with van der Waals surface area (Å²) in [6, 6.07) is 10.7. The Morgan fingerprint density at radius 1 is 1.11 bits per heavy atom. The molecule has 0 unspecified atom stereocenters. The second kappa shape index (κ2) is 8.45. The van der Waals surface area contributed by atoms with Gasteiger partial charge in [-0.05, 0) is 54.8 Å². The van der Waals surface area contributed by atoms with E-state index in [2.05, 4.69) is 6.58 Å².